The highest BCUT2D eigenvalue weighted by atomic mass is 32.2. The molecule has 2 atom stereocenters. The summed E-state index contributed by atoms with van der Waals surface area (Å²) in [7, 11) is -9.19. The second kappa shape index (κ2) is 8.80. The average molecular weight is 493 g/mol. The number of hydrogen-bond donors (Lipinski definition) is 0. The molecule has 0 N–H and O–H groups in total. The zero-order valence-electron chi connectivity index (χ0n) is 18.0. The van der Waals surface area contributed by atoms with Gasteiger partial charge in [-0.2, -0.15) is 8.15 Å². The molecule has 6 nitrogen and oxygen atoms in total. The highest BCUT2D eigenvalue weighted by molar-refractivity contribution is 7.99. The average Bonchev–Trinajstić information content (AvgIpc) is 3.46. The van der Waals surface area contributed by atoms with Gasteiger partial charge < -0.3 is 0 Å². The van der Waals surface area contributed by atoms with Gasteiger partial charge in [0.05, 0.1) is 18.0 Å². The Labute approximate surface area is 192 Å². The first-order chi connectivity index (χ1) is 15.4. The number of hydrogen-bond acceptors (Lipinski definition) is 4. The number of fused-ring (bicyclic) bond motifs is 1. The van der Waals surface area contributed by atoms with E-state index in [4.69, 9.17) is 0 Å². The van der Waals surface area contributed by atoms with E-state index in [-0.39, 0.29) is 27.5 Å². The van der Waals surface area contributed by atoms with E-state index in [1.165, 1.54) is 0 Å². The van der Waals surface area contributed by atoms with Crippen LogP contribution in [0, 0.1) is 0 Å². The molecule has 32 heavy (non-hydrogen) atoms. The van der Waals surface area contributed by atoms with E-state index in [2.05, 4.69) is 0 Å². The van der Waals surface area contributed by atoms with Crippen molar-refractivity contribution in [3.8, 4) is 0 Å². The molecule has 0 bridgehead atoms. The first-order valence-electron chi connectivity index (χ1n) is 11.4. The summed E-state index contributed by atoms with van der Waals surface area (Å²) < 4.78 is 59.3. The van der Waals surface area contributed by atoms with Crippen LogP contribution >= 0.6 is 8.22 Å². The first kappa shape index (κ1) is 22.5. The van der Waals surface area contributed by atoms with E-state index < -0.39 is 28.3 Å². The molecule has 1 saturated heterocycles. The van der Waals surface area contributed by atoms with E-state index in [1.54, 1.807) is 68.8 Å². The second-order valence-electron chi connectivity index (χ2n) is 8.86. The SMILES string of the molecule is O=S(=O)(c1ccccc1)N1[C@H]2CCCC[C@@H]2N(S(=O)(=O)c2ccccc2)P1C1CCCC1. The molecule has 9 heteroatoms. The fraction of sp³-hybridized carbons (Fsp3) is 0.478. The zero-order chi connectivity index (χ0) is 22.3. The van der Waals surface area contributed by atoms with Gasteiger partial charge in [-0.05, 0) is 49.9 Å². The molecule has 0 amide bonds. The van der Waals surface area contributed by atoms with Crippen molar-refractivity contribution in [2.75, 3.05) is 0 Å². The monoisotopic (exact) mass is 492 g/mol. The van der Waals surface area contributed by atoms with Crippen LogP contribution in [0.5, 0.6) is 0 Å². The highest BCUT2D eigenvalue weighted by Crippen LogP contribution is 2.66. The summed E-state index contributed by atoms with van der Waals surface area (Å²) in [5.74, 6) is 0. The van der Waals surface area contributed by atoms with Crippen LogP contribution in [0.3, 0.4) is 0 Å². The van der Waals surface area contributed by atoms with Crippen molar-refractivity contribution in [3.63, 3.8) is 0 Å². The minimum Gasteiger partial charge on any atom is -0.207 e. The van der Waals surface area contributed by atoms with Gasteiger partial charge in [0.2, 0.25) is 20.0 Å². The van der Waals surface area contributed by atoms with Gasteiger partial charge in [-0.3, -0.25) is 0 Å². The molecule has 0 radical (unpaired) electrons. The molecule has 2 aromatic rings. The lowest BCUT2D eigenvalue weighted by Gasteiger charge is -2.34. The summed E-state index contributed by atoms with van der Waals surface area (Å²) in [5, 5.41) is 0. The maximum atomic E-state index is 14.0. The molecular weight excluding hydrogens is 463 g/mol. The quantitative estimate of drug-likeness (QED) is 0.554. The van der Waals surface area contributed by atoms with Crippen LogP contribution in [0.15, 0.2) is 70.5 Å². The predicted molar refractivity (Wildman–Crippen MR) is 126 cm³/mol. The van der Waals surface area contributed by atoms with Crippen molar-refractivity contribution >= 4 is 28.3 Å². The lowest BCUT2D eigenvalue weighted by molar-refractivity contribution is 0.278. The topological polar surface area (TPSA) is 74.8 Å². The highest BCUT2D eigenvalue weighted by Gasteiger charge is 2.59. The summed E-state index contributed by atoms with van der Waals surface area (Å²) in [6, 6.07) is 16.5. The van der Waals surface area contributed by atoms with E-state index >= 15 is 0 Å². The fourth-order valence-corrected chi connectivity index (χ4v) is 14.6. The molecule has 0 spiro atoms. The lowest BCUT2D eigenvalue weighted by Crippen LogP contribution is -2.43. The van der Waals surface area contributed by atoms with Crippen molar-refractivity contribution in [1.82, 2.24) is 8.15 Å². The molecule has 2 saturated carbocycles. The Morgan fingerprint density at radius 1 is 0.594 bits per heavy atom. The van der Waals surface area contributed by atoms with Gasteiger partial charge in [0.1, 0.15) is 0 Å². The van der Waals surface area contributed by atoms with Crippen LogP contribution in [0.2, 0.25) is 0 Å². The van der Waals surface area contributed by atoms with E-state index in [1.807, 2.05) is 0 Å². The first-order valence-corrected chi connectivity index (χ1v) is 15.6. The molecule has 0 aromatic heterocycles. The van der Waals surface area contributed by atoms with Crippen LogP contribution in [0.25, 0.3) is 0 Å². The molecule has 1 heterocycles. The molecule has 0 unspecified atom stereocenters. The largest absolute Gasteiger partial charge is 0.247 e. The maximum absolute atomic E-state index is 14.0. The van der Waals surface area contributed by atoms with Crippen LogP contribution in [0.1, 0.15) is 51.4 Å². The molecule has 3 fully saturated rings. The molecular formula is C23H29N2O4PS2. The molecule has 5 rings (SSSR count). The minimum atomic E-state index is -3.82. The maximum Gasteiger partial charge on any atom is 0.247 e. The van der Waals surface area contributed by atoms with Crippen LogP contribution < -0.4 is 0 Å². The Kier molecular flexibility index (Phi) is 6.18. The predicted octanol–water partition coefficient (Wildman–Crippen LogP) is 4.95. The molecule has 2 aromatic carbocycles. The van der Waals surface area contributed by atoms with Crippen molar-refractivity contribution in [2.24, 2.45) is 0 Å². The second-order valence-corrected chi connectivity index (χ2v) is 15.3. The third-order valence-corrected chi connectivity index (χ3v) is 15.0. The van der Waals surface area contributed by atoms with Crippen molar-refractivity contribution < 1.29 is 16.8 Å². The van der Waals surface area contributed by atoms with Gasteiger partial charge in [0.15, 0.2) is 0 Å². The van der Waals surface area contributed by atoms with E-state index in [0.717, 1.165) is 38.5 Å². The van der Waals surface area contributed by atoms with Gasteiger partial charge in [0.25, 0.3) is 0 Å². The Bertz CT molecular complexity index is 1070. The number of benzene rings is 2. The van der Waals surface area contributed by atoms with Gasteiger partial charge in [-0.1, -0.05) is 62.1 Å². The number of nitrogens with zero attached hydrogens (tertiary/aromatic N) is 2. The Morgan fingerprint density at radius 3 is 1.38 bits per heavy atom. The van der Waals surface area contributed by atoms with Gasteiger partial charge in [-0.25, -0.2) is 16.8 Å². The summed E-state index contributed by atoms with van der Waals surface area (Å²) in [6.07, 6.45) is 7.09. The fourth-order valence-electron chi connectivity index (χ4n) is 5.43. The molecule has 2 aliphatic carbocycles. The Balaban J connectivity index is 1.68. The normalized spacial score (nSPS) is 26.4. The lowest BCUT2D eigenvalue weighted by atomic mass is 9.92. The Hall–Kier alpha value is -1.31. The van der Waals surface area contributed by atoms with Crippen LogP contribution in [-0.2, 0) is 20.0 Å². The zero-order valence-corrected chi connectivity index (χ0v) is 20.5. The Morgan fingerprint density at radius 2 is 0.969 bits per heavy atom. The van der Waals surface area contributed by atoms with Gasteiger partial charge in [0, 0.05) is 17.7 Å². The molecule has 3 aliphatic rings. The van der Waals surface area contributed by atoms with Crippen molar-refractivity contribution in [1.29, 1.82) is 0 Å². The van der Waals surface area contributed by atoms with Crippen molar-refractivity contribution in [2.45, 2.75) is 78.9 Å². The third kappa shape index (κ3) is 3.74. The number of rotatable bonds is 5. The summed E-state index contributed by atoms with van der Waals surface area (Å²) in [4.78, 5) is 0.516. The summed E-state index contributed by atoms with van der Waals surface area (Å²) in [5.41, 5.74) is 0.0765. The van der Waals surface area contributed by atoms with Crippen LogP contribution in [0.4, 0.5) is 0 Å². The standard InChI is InChI=1S/C23H29N2O4PS2/c26-31(27,20-13-3-1-4-14-20)24-22-17-9-10-18-23(22)25(30(24)19-11-7-8-12-19)32(28,29)21-15-5-2-6-16-21/h1-6,13-16,19,22-23H,7-12,17-18H2/t22-,23-/m0/s1. The molecule has 1 aliphatic heterocycles. The van der Waals surface area contributed by atoms with Crippen molar-refractivity contribution in [3.05, 3.63) is 60.7 Å². The van der Waals surface area contributed by atoms with Crippen LogP contribution in [-0.4, -0.2) is 42.7 Å². The summed E-state index contributed by atoms with van der Waals surface area (Å²) >= 11 is 0. The molecule has 172 valence electrons. The smallest absolute Gasteiger partial charge is 0.207 e. The third-order valence-electron chi connectivity index (χ3n) is 6.89. The van der Waals surface area contributed by atoms with Gasteiger partial charge >= 0.3 is 0 Å². The minimum absolute atomic E-state index is 0.0765. The summed E-state index contributed by atoms with van der Waals surface area (Å²) in [6.45, 7) is 0. The van der Waals surface area contributed by atoms with Gasteiger partial charge in [-0.15, -0.1) is 0 Å². The van der Waals surface area contributed by atoms with E-state index in [9.17, 15) is 16.8 Å². The van der Waals surface area contributed by atoms with E-state index in [0.29, 0.717) is 12.8 Å². The number of sulfonamides is 2.